The summed E-state index contributed by atoms with van der Waals surface area (Å²) in [6, 6.07) is 21.2. The van der Waals surface area contributed by atoms with Crippen molar-refractivity contribution >= 4 is 19.1 Å². The second kappa shape index (κ2) is 5.14. The molecule has 0 spiro atoms. The smallest absolute Gasteiger partial charge is 0.0398 e. The van der Waals surface area contributed by atoms with Crippen molar-refractivity contribution in [3.05, 3.63) is 60.7 Å². The molecule has 82 valence electrons. The molecule has 0 N–H and O–H groups in total. The van der Waals surface area contributed by atoms with Gasteiger partial charge in [0.15, 0.2) is 0 Å². The standard InChI is InChI=1S/C14H16NP/c1-15(13-9-5-3-6-10-13)16(2)14-11-7-4-8-12-14/h3-12H,1-2H3. The van der Waals surface area contributed by atoms with Crippen molar-refractivity contribution in [2.75, 3.05) is 18.4 Å². The lowest BCUT2D eigenvalue weighted by Gasteiger charge is -2.27. The fraction of sp³-hybridized carbons (Fsp3) is 0.143. The summed E-state index contributed by atoms with van der Waals surface area (Å²) in [6.07, 6.45) is 0. The molecule has 0 bridgehead atoms. The highest BCUT2D eigenvalue weighted by molar-refractivity contribution is 7.66. The van der Waals surface area contributed by atoms with Crippen LogP contribution in [0.3, 0.4) is 0 Å². The van der Waals surface area contributed by atoms with Crippen molar-refractivity contribution in [3.8, 4) is 0 Å². The monoisotopic (exact) mass is 229 g/mol. The van der Waals surface area contributed by atoms with E-state index in [-0.39, 0.29) is 8.07 Å². The Kier molecular flexibility index (Phi) is 3.58. The zero-order chi connectivity index (χ0) is 11.4. The number of hydrogen-bond acceptors (Lipinski definition) is 1. The SMILES string of the molecule is CN(c1ccccc1)P(C)c1ccccc1. The molecule has 1 nitrogen and oxygen atoms in total. The highest BCUT2D eigenvalue weighted by atomic mass is 31.1. The first kappa shape index (κ1) is 11.2. The highest BCUT2D eigenvalue weighted by Gasteiger charge is 2.10. The fourth-order valence-electron chi connectivity index (χ4n) is 1.63. The molecule has 0 amide bonds. The summed E-state index contributed by atoms with van der Waals surface area (Å²) in [7, 11) is 1.88. The summed E-state index contributed by atoms with van der Waals surface area (Å²) in [6.45, 7) is 2.29. The molecule has 0 aromatic heterocycles. The third kappa shape index (κ3) is 2.43. The molecule has 0 aliphatic heterocycles. The number of para-hydroxylation sites is 1. The number of anilines is 1. The van der Waals surface area contributed by atoms with Crippen LogP contribution in [0.1, 0.15) is 0 Å². The zero-order valence-corrected chi connectivity index (χ0v) is 10.6. The van der Waals surface area contributed by atoms with Gasteiger partial charge in [0.25, 0.3) is 0 Å². The van der Waals surface area contributed by atoms with Crippen LogP contribution in [-0.4, -0.2) is 13.7 Å². The van der Waals surface area contributed by atoms with Crippen molar-refractivity contribution in [2.24, 2.45) is 0 Å². The van der Waals surface area contributed by atoms with Gasteiger partial charge in [0.05, 0.1) is 0 Å². The third-order valence-corrected chi connectivity index (χ3v) is 4.89. The van der Waals surface area contributed by atoms with E-state index >= 15 is 0 Å². The van der Waals surface area contributed by atoms with Crippen LogP contribution in [-0.2, 0) is 0 Å². The lowest BCUT2D eigenvalue weighted by molar-refractivity contribution is 1.34. The predicted octanol–water partition coefficient (Wildman–Crippen LogP) is 3.48. The maximum atomic E-state index is 2.35. The van der Waals surface area contributed by atoms with Crippen LogP contribution in [0, 0.1) is 0 Å². The van der Waals surface area contributed by atoms with Gasteiger partial charge in [-0.1, -0.05) is 48.5 Å². The van der Waals surface area contributed by atoms with Gasteiger partial charge in [0.1, 0.15) is 0 Å². The maximum Gasteiger partial charge on any atom is 0.0398 e. The minimum Gasteiger partial charge on any atom is -0.350 e. The lowest BCUT2D eigenvalue weighted by atomic mass is 10.3. The van der Waals surface area contributed by atoms with Crippen molar-refractivity contribution < 1.29 is 0 Å². The van der Waals surface area contributed by atoms with E-state index in [4.69, 9.17) is 0 Å². The normalized spacial score (nSPS) is 12.1. The molecule has 2 heteroatoms. The van der Waals surface area contributed by atoms with Crippen molar-refractivity contribution in [1.82, 2.24) is 0 Å². The Balaban J connectivity index is 2.20. The minimum atomic E-state index is -0.280. The van der Waals surface area contributed by atoms with Crippen LogP contribution >= 0.6 is 8.07 Å². The van der Waals surface area contributed by atoms with Crippen LogP contribution in [0.2, 0.25) is 0 Å². The Bertz CT molecular complexity index is 384. The first-order valence-corrected chi connectivity index (χ1v) is 7.10. The molecule has 2 aromatic carbocycles. The summed E-state index contributed by atoms with van der Waals surface area (Å²) in [5.41, 5.74) is 1.28. The van der Waals surface area contributed by atoms with Crippen LogP contribution in [0.15, 0.2) is 60.7 Å². The molecule has 0 radical (unpaired) electrons. The molecule has 0 aliphatic carbocycles. The Morgan fingerprint density at radius 2 is 1.31 bits per heavy atom. The van der Waals surface area contributed by atoms with Crippen LogP contribution in [0.25, 0.3) is 0 Å². The average molecular weight is 229 g/mol. The van der Waals surface area contributed by atoms with E-state index < -0.39 is 0 Å². The molecule has 0 heterocycles. The summed E-state index contributed by atoms with van der Waals surface area (Å²) in [4.78, 5) is 0. The molecule has 1 atom stereocenters. The van der Waals surface area contributed by atoms with E-state index in [9.17, 15) is 0 Å². The van der Waals surface area contributed by atoms with Gasteiger partial charge in [-0.05, 0) is 24.1 Å². The van der Waals surface area contributed by atoms with Gasteiger partial charge in [-0.25, -0.2) is 0 Å². The number of benzene rings is 2. The Morgan fingerprint density at radius 3 is 1.88 bits per heavy atom. The summed E-state index contributed by atoms with van der Waals surface area (Å²) < 4.78 is 2.35. The second-order valence-corrected chi connectivity index (χ2v) is 5.88. The number of hydrogen-bond donors (Lipinski definition) is 0. The van der Waals surface area contributed by atoms with Gasteiger partial charge < -0.3 is 4.67 Å². The minimum absolute atomic E-state index is 0.280. The Morgan fingerprint density at radius 1 is 0.812 bits per heavy atom. The second-order valence-electron chi connectivity index (χ2n) is 3.72. The molecule has 1 unspecified atom stereocenters. The predicted molar refractivity (Wildman–Crippen MR) is 73.8 cm³/mol. The number of rotatable bonds is 3. The van der Waals surface area contributed by atoms with Gasteiger partial charge in [0, 0.05) is 20.8 Å². The zero-order valence-electron chi connectivity index (χ0n) is 9.67. The maximum absolute atomic E-state index is 2.35. The molecular formula is C14H16NP. The van der Waals surface area contributed by atoms with E-state index in [0.29, 0.717) is 0 Å². The molecule has 16 heavy (non-hydrogen) atoms. The van der Waals surface area contributed by atoms with Crippen molar-refractivity contribution in [2.45, 2.75) is 0 Å². The van der Waals surface area contributed by atoms with Crippen molar-refractivity contribution in [3.63, 3.8) is 0 Å². The topological polar surface area (TPSA) is 3.24 Å². The van der Waals surface area contributed by atoms with Gasteiger partial charge in [-0.2, -0.15) is 0 Å². The highest BCUT2D eigenvalue weighted by Crippen LogP contribution is 2.37. The molecule has 0 fully saturated rings. The molecular weight excluding hydrogens is 213 g/mol. The molecule has 0 aliphatic rings. The lowest BCUT2D eigenvalue weighted by Crippen LogP contribution is -2.16. The fourth-order valence-corrected chi connectivity index (χ4v) is 3.06. The van der Waals surface area contributed by atoms with E-state index in [1.165, 1.54) is 11.0 Å². The largest absolute Gasteiger partial charge is 0.350 e. The van der Waals surface area contributed by atoms with Crippen LogP contribution in [0.5, 0.6) is 0 Å². The number of nitrogens with zero attached hydrogens (tertiary/aromatic N) is 1. The summed E-state index contributed by atoms with van der Waals surface area (Å²) >= 11 is 0. The summed E-state index contributed by atoms with van der Waals surface area (Å²) in [5, 5.41) is 1.41. The van der Waals surface area contributed by atoms with Crippen LogP contribution < -0.4 is 9.97 Å². The van der Waals surface area contributed by atoms with Crippen molar-refractivity contribution in [1.29, 1.82) is 0 Å². The first-order valence-electron chi connectivity index (χ1n) is 5.36. The first-order chi connectivity index (χ1) is 7.79. The third-order valence-electron chi connectivity index (χ3n) is 2.71. The van der Waals surface area contributed by atoms with E-state index in [0.717, 1.165) is 0 Å². The molecule has 2 aromatic rings. The molecule has 0 saturated carbocycles. The van der Waals surface area contributed by atoms with Gasteiger partial charge in [-0.15, -0.1) is 0 Å². The van der Waals surface area contributed by atoms with E-state index in [2.05, 4.69) is 79.0 Å². The average Bonchev–Trinajstić information content (AvgIpc) is 2.39. The molecule has 2 rings (SSSR count). The van der Waals surface area contributed by atoms with Gasteiger partial charge >= 0.3 is 0 Å². The molecule has 0 saturated heterocycles. The van der Waals surface area contributed by atoms with E-state index in [1.807, 2.05) is 0 Å². The van der Waals surface area contributed by atoms with Gasteiger partial charge in [-0.3, -0.25) is 0 Å². The van der Waals surface area contributed by atoms with E-state index in [1.54, 1.807) is 0 Å². The summed E-state index contributed by atoms with van der Waals surface area (Å²) in [5.74, 6) is 0. The Hall–Kier alpha value is -1.33. The Labute approximate surface area is 98.5 Å². The van der Waals surface area contributed by atoms with Crippen LogP contribution in [0.4, 0.5) is 5.69 Å². The van der Waals surface area contributed by atoms with Gasteiger partial charge in [0.2, 0.25) is 0 Å². The quantitative estimate of drug-likeness (QED) is 0.728.